The highest BCUT2D eigenvalue weighted by atomic mass is 19.1. The lowest BCUT2D eigenvalue weighted by atomic mass is 10.1. The van der Waals surface area contributed by atoms with Crippen LogP contribution in [-0.2, 0) is 0 Å². The minimum absolute atomic E-state index is 0.490. The summed E-state index contributed by atoms with van der Waals surface area (Å²) in [5.74, 6) is 0.709. The maximum Gasteiger partial charge on any atom is 0.217 e. The van der Waals surface area contributed by atoms with Gasteiger partial charge < -0.3 is 10.2 Å². The van der Waals surface area contributed by atoms with E-state index in [0.717, 1.165) is 19.6 Å². The molecule has 15 heavy (non-hydrogen) atoms. The molecule has 1 aromatic rings. The molecule has 1 aliphatic heterocycles. The van der Waals surface area contributed by atoms with Gasteiger partial charge in [0.05, 0.1) is 0 Å². The average molecular weight is 210 g/mol. The monoisotopic (exact) mass is 210 g/mol. The summed E-state index contributed by atoms with van der Waals surface area (Å²) < 4.78 is 12.7. The molecule has 1 aliphatic rings. The Kier molecular flexibility index (Phi) is 3.11. The summed E-state index contributed by atoms with van der Waals surface area (Å²) in [6.07, 6.45) is 2.43. The van der Waals surface area contributed by atoms with E-state index >= 15 is 0 Å². The van der Waals surface area contributed by atoms with Gasteiger partial charge in [-0.15, -0.1) is 0 Å². The number of nitrogens with one attached hydrogen (secondary N) is 1. The Labute approximate surface area is 88.5 Å². The van der Waals surface area contributed by atoms with Gasteiger partial charge in [-0.1, -0.05) is 0 Å². The Bertz CT molecular complexity index is 331. The van der Waals surface area contributed by atoms with Crippen molar-refractivity contribution in [3.8, 4) is 0 Å². The molecule has 1 fully saturated rings. The van der Waals surface area contributed by atoms with Crippen LogP contribution in [0.5, 0.6) is 0 Å². The van der Waals surface area contributed by atoms with E-state index in [1.165, 1.54) is 18.8 Å². The average Bonchev–Trinajstić information content (AvgIpc) is 2.62. The van der Waals surface area contributed by atoms with Gasteiger partial charge in [0.2, 0.25) is 5.95 Å². The van der Waals surface area contributed by atoms with Crippen LogP contribution in [0.1, 0.15) is 6.42 Å². The van der Waals surface area contributed by atoms with Gasteiger partial charge in [0.25, 0.3) is 0 Å². The van der Waals surface area contributed by atoms with Crippen molar-refractivity contribution in [1.82, 2.24) is 14.9 Å². The van der Waals surface area contributed by atoms with E-state index in [1.807, 2.05) is 0 Å². The molecule has 0 bridgehead atoms. The third-order valence-electron chi connectivity index (χ3n) is 2.69. The van der Waals surface area contributed by atoms with Crippen LogP contribution in [0.3, 0.4) is 0 Å². The topological polar surface area (TPSA) is 41.0 Å². The lowest BCUT2D eigenvalue weighted by Crippen LogP contribution is -2.19. The second kappa shape index (κ2) is 4.53. The third-order valence-corrected chi connectivity index (χ3v) is 2.69. The van der Waals surface area contributed by atoms with Crippen LogP contribution in [0.4, 0.5) is 10.2 Å². The first kappa shape index (κ1) is 10.3. The maximum atomic E-state index is 12.7. The highest BCUT2D eigenvalue weighted by Gasteiger charge is 2.18. The lowest BCUT2D eigenvalue weighted by Gasteiger charge is -2.11. The molecule has 82 valence electrons. The zero-order valence-corrected chi connectivity index (χ0v) is 8.78. The van der Waals surface area contributed by atoms with E-state index in [4.69, 9.17) is 0 Å². The van der Waals surface area contributed by atoms with Crippen molar-refractivity contribution < 1.29 is 4.39 Å². The largest absolute Gasteiger partial charge is 0.370 e. The fraction of sp³-hybridized carbons (Fsp3) is 0.600. The number of hydrogen-bond acceptors (Lipinski definition) is 4. The summed E-state index contributed by atoms with van der Waals surface area (Å²) in [5.41, 5.74) is 0. The van der Waals surface area contributed by atoms with Gasteiger partial charge >= 0.3 is 0 Å². The predicted molar refractivity (Wildman–Crippen MR) is 56.1 cm³/mol. The molecule has 0 radical (unpaired) electrons. The van der Waals surface area contributed by atoms with Gasteiger partial charge in [0.15, 0.2) is 0 Å². The molecule has 0 aromatic carbocycles. The molecule has 0 saturated carbocycles. The SMILES string of the molecule is CN1CCC(CNc2cc(F)ncn2)C1. The van der Waals surface area contributed by atoms with E-state index in [0.29, 0.717) is 11.7 Å². The summed E-state index contributed by atoms with van der Waals surface area (Å²) in [4.78, 5) is 9.65. The van der Waals surface area contributed by atoms with Gasteiger partial charge in [0, 0.05) is 19.2 Å². The van der Waals surface area contributed by atoms with Crippen molar-refractivity contribution in [2.45, 2.75) is 6.42 Å². The molecular weight excluding hydrogens is 195 g/mol. The molecule has 1 atom stereocenters. The summed E-state index contributed by atoms with van der Waals surface area (Å²) >= 11 is 0. The molecule has 0 spiro atoms. The summed E-state index contributed by atoms with van der Waals surface area (Å²) in [6, 6.07) is 1.32. The highest BCUT2D eigenvalue weighted by molar-refractivity contribution is 5.32. The van der Waals surface area contributed by atoms with E-state index in [1.54, 1.807) is 0 Å². The number of rotatable bonds is 3. The van der Waals surface area contributed by atoms with E-state index in [9.17, 15) is 4.39 Å². The van der Waals surface area contributed by atoms with Crippen LogP contribution in [0.15, 0.2) is 12.4 Å². The first-order valence-corrected chi connectivity index (χ1v) is 5.14. The van der Waals surface area contributed by atoms with Crippen molar-refractivity contribution in [2.24, 2.45) is 5.92 Å². The van der Waals surface area contributed by atoms with Crippen molar-refractivity contribution in [2.75, 3.05) is 32.0 Å². The quantitative estimate of drug-likeness (QED) is 0.755. The molecular formula is C10H15FN4. The van der Waals surface area contributed by atoms with Crippen molar-refractivity contribution in [1.29, 1.82) is 0 Å². The van der Waals surface area contributed by atoms with Crippen molar-refractivity contribution in [3.63, 3.8) is 0 Å². The Balaban J connectivity index is 1.83. The van der Waals surface area contributed by atoms with Crippen molar-refractivity contribution >= 4 is 5.82 Å². The molecule has 2 rings (SSSR count). The number of hydrogen-bond donors (Lipinski definition) is 1. The van der Waals surface area contributed by atoms with Gasteiger partial charge in [-0.25, -0.2) is 9.97 Å². The Morgan fingerprint density at radius 2 is 2.47 bits per heavy atom. The molecule has 0 aliphatic carbocycles. The van der Waals surface area contributed by atoms with E-state index in [2.05, 4.69) is 27.2 Å². The van der Waals surface area contributed by atoms with Crippen LogP contribution in [0.2, 0.25) is 0 Å². The number of aromatic nitrogens is 2. The number of anilines is 1. The molecule has 1 aromatic heterocycles. The summed E-state index contributed by atoms with van der Waals surface area (Å²) in [7, 11) is 2.12. The van der Waals surface area contributed by atoms with Crippen LogP contribution in [0, 0.1) is 11.9 Å². The lowest BCUT2D eigenvalue weighted by molar-refractivity contribution is 0.399. The minimum Gasteiger partial charge on any atom is -0.370 e. The smallest absolute Gasteiger partial charge is 0.217 e. The zero-order chi connectivity index (χ0) is 10.7. The van der Waals surface area contributed by atoms with Crippen LogP contribution < -0.4 is 5.32 Å². The Morgan fingerprint density at radius 1 is 1.60 bits per heavy atom. The Hall–Kier alpha value is -1.23. The molecule has 5 heteroatoms. The van der Waals surface area contributed by atoms with E-state index < -0.39 is 5.95 Å². The van der Waals surface area contributed by atoms with Crippen LogP contribution in [-0.4, -0.2) is 41.5 Å². The molecule has 0 amide bonds. The van der Waals surface area contributed by atoms with Crippen molar-refractivity contribution in [3.05, 3.63) is 18.3 Å². The minimum atomic E-state index is -0.490. The predicted octanol–water partition coefficient (Wildman–Crippen LogP) is 0.979. The molecule has 2 heterocycles. The molecule has 1 N–H and O–H groups in total. The molecule has 4 nitrogen and oxygen atoms in total. The molecule has 1 unspecified atom stereocenters. The number of halogens is 1. The van der Waals surface area contributed by atoms with Gasteiger partial charge in [-0.3, -0.25) is 0 Å². The zero-order valence-electron chi connectivity index (χ0n) is 8.78. The first-order valence-electron chi connectivity index (χ1n) is 5.14. The van der Waals surface area contributed by atoms with Gasteiger partial charge in [0.1, 0.15) is 12.1 Å². The van der Waals surface area contributed by atoms with Crippen LogP contribution in [0.25, 0.3) is 0 Å². The first-order chi connectivity index (χ1) is 7.24. The fourth-order valence-electron chi connectivity index (χ4n) is 1.87. The van der Waals surface area contributed by atoms with E-state index in [-0.39, 0.29) is 0 Å². The maximum absolute atomic E-state index is 12.7. The number of likely N-dealkylation sites (tertiary alicyclic amines) is 1. The summed E-state index contributed by atoms with van der Waals surface area (Å²) in [6.45, 7) is 3.09. The third kappa shape index (κ3) is 2.86. The normalized spacial score (nSPS) is 21.9. The standard InChI is InChI=1S/C10H15FN4/c1-15-3-2-8(6-15)5-12-10-4-9(11)13-7-14-10/h4,7-8H,2-3,5-6H2,1H3,(H,12,13,14). The molecule has 1 saturated heterocycles. The second-order valence-electron chi connectivity index (χ2n) is 4.02. The highest BCUT2D eigenvalue weighted by Crippen LogP contribution is 2.14. The Morgan fingerprint density at radius 3 is 3.13 bits per heavy atom. The second-order valence-corrected chi connectivity index (χ2v) is 4.02. The van der Waals surface area contributed by atoms with Crippen LogP contribution >= 0.6 is 0 Å². The van der Waals surface area contributed by atoms with Gasteiger partial charge in [-0.2, -0.15) is 4.39 Å². The fourth-order valence-corrected chi connectivity index (χ4v) is 1.87. The van der Waals surface area contributed by atoms with Gasteiger partial charge in [-0.05, 0) is 25.9 Å². The summed E-state index contributed by atoms with van der Waals surface area (Å²) in [5, 5.41) is 3.13. The number of nitrogens with zero attached hydrogens (tertiary/aromatic N) is 3.